The number of carboxylic acids is 1. The van der Waals surface area contributed by atoms with E-state index in [2.05, 4.69) is 0 Å². The second kappa shape index (κ2) is 8.20. The van der Waals surface area contributed by atoms with E-state index in [0.29, 0.717) is 17.5 Å². The number of hydrogen-bond donors (Lipinski definition) is 3. The van der Waals surface area contributed by atoms with Crippen LogP contribution in [0.4, 0.5) is 0 Å². The molecule has 0 aliphatic carbocycles. The molecule has 0 spiro atoms. The molecule has 4 heteroatoms. The van der Waals surface area contributed by atoms with Gasteiger partial charge in [0.2, 0.25) is 0 Å². The van der Waals surface area contributed by atoms with Crippen LogP contribution in [0.1, 0.15) is 53.9 Å². The van der Waals surface area contributed by atoms with Gasteiger partial charge in [0, 0.05) is 5.56 Å². The van der Waals surface area contributed by atoms with E-state index < -0.39 is 12.1 Å². The Bertz CT molecular complexity index is 635. The third-order valence-electron chi connectivity index (χ3n) is 3.31. The van der Waals surface area contributed by atoms with Crippen LogP contribution in [0.2, 0.25) is 0 Å². The molecular formula is C18H22O4. The number of phenols is 1. The maximum absolute atomic E-state index is 11.2. The van der Waals surface area contributed by atoms with Gasteiger partial charge in [-0.1, -0.05) is 57.2 Å². The lowest BCUT2D eigenvalue weighted by Crippen LogP contribution is -2.08. The zero-order valence-electron chi connectivity index (χ0n) is 13.1. The lowest BCUT2D eigenvalue weighted by molar-refractivity contribution is 0.0691. The zero-order chi connectivity index (χ0) is 16.7. The summed E-state index contributed by atoms with van der Waals surface area (Å²) in [7, 11) is 0. The molecule has 1 atom stereocenters. The van der Waals surface area contributed by atoms with E-state index in [1.54, 1.807) is 36.4 Å². The molecular weight excluding hydrogens is 280 g/mol. The van der Waals surface area contributed by atoms with Crippen LogP contribution in [0.25, 0.3) is 0 Å². The van der Waals surface area contributed by atoms with Crippen LogP contribution >= 0.6 is 0 Å². The zero-order valence-corrected chi connectivity index (χ0v) is 13.1. The minimum Gasteiger partial charge on any atom is -0.507 e. The van der Waals surface area contributed by atoms with Gasteiger partial charge < -0.3 is 15.3 Å². The third kappa shape index (κ3) is 3.65. The van der Waals surface area contributed by atoms with Crippen molar-refractivity contribution in [2.24, 2.45) is 0 Å². The number of para-hydroxylation sites is 1. The highest BCUT2D eigenvalue weighted by Gasteiger charge is 2.21. The molecule has 0 heterocycles. The number of aromatic carboxylic acids is 1. The summed E-state index contributed by atoms with van der Waals surface area (Å²) >= 11 is 0. The van der Waals surface area contributed by atoms with E-state index in [4.69, 9.17) is 5.11 Å². The average Bonchev–Trinajstić information content (AvgIpc) is 2.56. The van der Waals surface area contributed by atoms with E-state index in [1.165, 1.54) is 6.07 Å². The topological polar surface area (TPSA) is 77.8 Å². The van der Waals surface area contributed by atoms with Gasteiger partial charge in [0.25, 0.3) is 0 Å². The summed E-state index contributed by atoms with van der Waals surface area (Å²) in [6.45, 7) is 5.90. The Labute approximate surface area is 130 Å². The van der Waals surface area contributed by atoms with E-state index in [9.17, 15) is 15.0 Å². The highest BCUT2D eigenvalue weighted by Crippen LogP contribution is 2.33. The van der Waals surface area contributed by atoms with Gasteiger partial charge in [-0.3, -0.25) is 0 Å². The second-order valence-electron chi connectivity index (χ2n) is 4.50. The highest BCUT2D eigenvalue weighted by atomic mass is 16.4. The fourth-order valence-corrected chi connectivity index (χ4v) is 2.21. The molecule has 118 valence electrons. The van der Waals surface area contributed by atoms with E-state index >= 15 is 0 Å². The van der Waals surface area contributed by atoms with Gasteiger partial charge in [-0.05, 0) is 23.6 Å². The number of aliphatic hydroxyl groups excluding tert-OH is 1. The highest BCUT2D eigenvalue weighted by molar-refractivity contribution is 5.89. The van der Waals surface area contributed by atoms with E-state index in [1.807, 2.05) is 20.8 Å². The number of aromatic hydroxyl groups is 1. The van der Waals surface area contributed by atoms with Gasteiger partial charge in [0.05, 0.1) is 5.56 Å². The largest absolute Gasteiger partial charge is 0.507 e. The first kappa shape index (κ1) is 17.7. The molecule has 2 rings (SSSR count). The quantitative estimate of drug-likeness (QED) is 0.803. The number of aryl methyl sites for hydroxylation is 1. The molecule has 4 nitrogen and oxygen atoms in total. The molecule has 0 fully saturated rings. The number of carbonyl (C=O) groups is 1. The molecule has 0 aromatic heterocycles. The molecule has 2 aromatic carbocycles. The SMILES string of the molecule is CC.CCc1cccc(C(O)c2ccccc2C(=O)O)c1O. The van der Waals surface area contributed by atoms with Gasteiger partial charge in [0.1, 0.15) is 11.9 Å². The first-order valence-electron chi connectivity index (χ1n) is 7.37. The van der Waals surface area contributed by atoms with Crippen molar-refractivity contribution in [3.8, 4) is 5.75 Å². The second-order valence-corrected chi connectivity index (χ2v) is 4.50. The number of carboxylic acid groups (broad SMARTS) is 1. The Kier molecular flexibility index (Phi) is 6.60. The lowest BCUT2D eigenvalue weighted by atomic mass is 9.94. The van der Waals surface area contributed by atoms with Crippen LogP contribution < -0.4 is 0 Å². The number of aliphatic hydroxyl groups is 1. The first-order valence-corrected chi connectivity index (χ1v) is 7.37. The maximum atomic E-state index is 11.2. The van der Waals surface area contributed by atoms with Crippen molar-refractivity contribution in [1.82, 2.24) is 0 Å². The van der Waals surface area contributed by atoms with Crippen LogP contribution in [0.3, 0.4) is 0 Å². The van der Waals surface area contributed by atoms with Crippen LogP contribution in [-0.4, -0.2) is 21.3 Å². The molecule has 0 aliphatic heterocycles. The summed E-state index contributed by atoms with van der Waals surface area (Å²) in [5, 5.41) is 29.7. The van der Waals surface area contributed by atoms with Crippen LogP contribution in [0.15, 0.2) is 42.5 Å². The van der Waals surface area contributed by atoms with E-state index in [0.717, 1.165) is 0 Å². The predicted molar refractivity (Wildman–Crippen MR) is 86.3 cm³/mol. The van der Waals surface area contributed by atoms with Crippen molar-refractivity contribution in [1.29, 1.82) is 0 Å². The third-order valence-corrected chi connectivity index (χ3v) is 3.31. The summed E-state index contributed by atoms with van der Waals surface area (Å²) in [4.78, 5) is 11.2. The molecule has 1 unspecified atom stereocenters. The molecule has 22 heavy (non-hydrogen) atoms. The fraction of sp³-hybridized carbons (Fsp3) is 0.278. The lowest BCUT2D eigenvalue weighted by Gasteiger charge is -2.16. The number of phenolic OH excluding ortho intramolecular Hbond substituents is 1. The van der Waals surface area contributed by atoms with Crippen molar-refractivity contribution in [2.45, 2.75) is 33.3 Å². The summed E-state index contributed by atoms with van der Waals surface area (Å²) in [5.41, 5.74) is 1.33. The van der Waals surface area contributed by atoms with Crippen LogP contribution in [0, 0.1) is 0 Å². The normalized spacial score (nSPS) is 11.3. The average molecular weight is 302 g/mol. The predicted octanol–water partition coefficient (Wildman–Crippen LogP) is 3.76. The molecule has 3 N–H and O–H groups in total. The standard InChI is InChI=1S/C16H16O4.C2H6/c1-2-10-6-5-9-13(14(10)17)15(18)11-7-3-4-8-12(11)16(19)20;1-2/h3-9,15,17-18H,2H2,1H3,(H,19,20);1-2H3. The monoisotopic (exact) mass is 302 g/mol. The van der Waals surface area contributed by atoms with Crippen molar-refractivity contribution >= 4 is 5.97 Å². The van der Waals surface area contributed by atoms with Crippen molar-refractivity contribution in [3.05, 3.63) is 64.7 Å². The number of hydrogen-bond acceptors (Lipinski definition) is 3. The smallest absolute Gasteiger partial charge is 0.336 e. The van der Waals surface area contributed by atoms with Gasteiger partial charge in [-0.15, -0.1) is 0 Å². The maximum Gasteiger partial charge on any atom is 0.336 e. The Morgan fingerprint density at radius 1 is 1.05 bits per heavy atom. The summed E-state index contributed by atoms with van der Waals surface area (Å²) in [6.07, 6.45) is -0.540. The number of rotatable bonds is 4. The molecule has 0 saturated heterocycles. The van der Waals surface area contributed by atoms with Gasteiger partial charge in [-0.2, -0.15) is 0 Å². The van der Waals surface area contributed by atoms with Crippen molar-refractivity contribution in [3.63, 3.8) is 0 Å². The fourth-order valence-electron chi connectivity index (χ4n) is 2.21. The Morgan fingerprint density at radius 3 is 2.23 bits per heavy atom. The molecule has 0 bridgehead atoms. The summed E-state index contributed by atoms with van der Waals surface area (Å²) < 4.78 is 0. The molecule has 0 amide bonds. The first-order chi connectivity index (χ1) is 10.6. The van der Waals surface area contributed by atoms with Crippen molar-refractivity contribution < 1.29 is 20.1 Å². The Morgan fingerprint density at radius 2 is 1.64 bits per heavy atom. The Hall–Kier alpha value is -2.33. The number of benzene rings is 2. The van der Waals surface area contributed by atoms with Crippen molar-refractivity contribution in [2.75, 3.05) is 0 Å². The van der Waals surface area contributed by atoms with Crippen LogP contribution in [0.5, 0.6) is 5.75 Å². The minimum absolute atomic E-state index is 0.0164. The van der Waals surface area contributed by atoms with Crippen LogP contribution in [-0.2, 0) is 6.42 Å². The molecule has 0 aliphatic rings. The Balaban J connectivity index is 0.00000116. The van der Waals surface area contributed by atoms with E-state index in [-0.39, 0.29) is 16.9 Å². The molecule has 2 aromatic rings. The van der Waals surface area contributed by atoms with Gasteiger partial charge in [-0.25, -0.2) is 4.79 Å². The minimum atomic E-state index is -1.17. The van der Waals surface area contributed by atoms with Gasteiger partial charge >= 0.3 is 5.97 Å². The summed E-state index contributed by atoms with van der Waals surface area (Å²) in [5.74, 6) is -1.09. The molecule has 0 radical (unpaired) electrons. The van der Waals surface area contributed by atoms with Gasteiger partial charge in [0.15, 0.2) is 0 Å². The summed E-state index contributed by atoms with van der Waals surface area (Å²) in [6, 6.07) is 11.3. The molecule has 0 saturated carbocycles.